The van der Waals surface area contributed by atoms with E-state index in [-0.39, 0.29) is 5.92 Å². The summed E-state index contributed by atoms with van der Waals surface area (Å²) in [5, 5.41) is 6.91. The molecule has 1 aliphatic rings. The second kappa shape index (κ2) is 18.4. The van der Waals surface area contributed by atoms with E-state index in [4.69, 9.17) is 8.83 Å². The molecule has 0 saturated carbocycles. The third-order valence-corrected chi connectivity index (χ3v) is 17.4. The van der Waals surface area contributed by atoms with Crippen molar-refractivity contribution < 1.29 is 8.83 Å². The largest absolute Gasteiger partial charge is 0.456 e. The Bertz CT molecular complexity index is 4840. The number of para-hydroxylation sites is 3. The lowest BCUT2D eigenvalue weighted by Crippen LogP contribution is -2.14. The van der Waals surface area contributed by atoms with E-state index in [9.17, 15) is 0 Å². The highest BCUT2D eigenvalue weighted by molar-refractivity contribution is 7.26. The van der Waals surface area contributed by atoms with Gasteiger partial charge in [0.1, 0.15) is 22.3 Å². The van der Waals surface area contributed by atoms with Gasteiger partial charge >= 0.3 is 0 Å². The lowest BCUT2D eigenvalue weighted by Gasteiger charge is -2.30. The number of furan rings is 2. The molecule has 5 heteroatoms. The first-order chi connectivity index (χ1) is 39.1. The maximum absolute atomic E-state index is 6.60. The van der Waals surface area contributed by atoms with Gasteiger partial charge < -0.3 is 18.6 Å². The van der Waals surface area contributed by atoms with Gasteiger partial charge in [-0.1, -0.05) is 158 Å². The first kappa shape index (κ1) is 45.3. The van der Waals surface area contributed by atoms with Gasteiger partial charge in [0.05, 0.1) is 10.4 Å². The fraction of sp³-hybridized carbons (Fsp3) is 0.0270. The summed E-state index contributed by atoms with van der Waals surface area (Å²) in [4.78, 5) is 4.78. The van der Waals surface area contributed by atoms with E-state index in [0.717, 1.165) is 107 Å². The minimum atomic E-state index is 0.237. The molecule has 3 heterocycles. The van der Waals surface area contributed by atoms with Crippen LogP contribution >= 0.6 is 11.3 Å². The van der Waals surface area contributed by atoms with Gasteiger partial charge in [-0.25, -0.2) is 0 Å². The predicted molar refractivity (Wildman–Crippen MR) is 332 cm³/mol. The molecule has 0 spiro atoms. The molecule has 1 aliphatic carbocycles. The molecule has 0 saturated heterocycles. The quantitative estimate of drug-likeness (QED) is 0.144. The third kappa shape index (κ3) is 7.65. The summed E-state index contributed by atoms with van der Waals surface area (Å²) >= 11 is 1.85. The van der Waals surface area contributed by atoms with Gasteiger partial charge in [-0.15, -0.1) is 11.3 Å². The Morgan fingerprint density at radius 3 is 1.63 bits per heavy atom. The summed E-state index contributed by atoms with van der Waals surface area (Å²) in [6.45, 7) is 0. The Labute approximate surface area is 460 Å². The average molecular weight is 1030 g/mol. The van der Waals surface area contributed by atoms with E-state index in [0.29, 0.717) is 0 Å². The molecule has 16 rings (SSSR count). The maximum atomic E-state index is 6.60. The summed E-state index contributed by atoms with van der Waals surface area (Å²) in [7, 11) is 0. The van der Waals surface area contributed by atoms with E-state index in [1.165, 1.54) is 48.0 Å². The van der Waals surface area contributed by atoms with Crippen molar-refractivity contribution in [2.24, 2.45) is 0 Å². The molecule has 15 aromatic rings. The van der Waals surface area contributed by atoms with Crippen molar-refractivity contribution in [3.05, 3.63) is 290 Å². The Balaban J connectivity index is 0.754. The molecule has 0 radical (unpaired) electrons. The molecule has 0 amide bonds. The van der Waals surface area contributed by atoms with Crippen molar-refractivity contribution in [1.82, 2.24) is 0 Å². The van der Waals surface area contributed by atoms with Gasteiger partial charge in [-0.3, -0.25) is 0 Å². The zero-order valence-electron chi connectivity index (χ0n) is 42.9. The van der Waals surface area contributed by atoms with Crippen LogP contribution in [0.3, 0.4) is 0 Å². The molecule has 0 fully saturated rings. The molecule has 12 aromatic carbocycles. The molecule has 79 heavy (non-hydrogen) atoms. The number of nitrogens with zero attached hydrogens (tertiary/aromatic N) is 2. The van der Waals surface area contributed by atoms with Gasteiger partial charge in [0.25, 0.3) is 0 Å². The third-order valence-electron chi connectivity index (χ3n) is 16.2. The van der Waals surface area contributed by atoms with E-state index >= 15 is 0 Å². The van der Waals surface area contributed by atoms with Crippen LogP contribution in [0.1, 0.15) is 22.6 Å². The van der Waals surface area contributed by atoms with Crippen LogP contribution in [-0.2, 0) is 6.42 Å². The molecular weight excluding hydrogens is 981 g/mol. The number of hydrogen-bond donors (Lipinski definition) is 0. The number of benzene rings is 12. The second-order valence-electron chi connectivity index (χ2n) is 20.8. The summed E-state index contributed by atoms with van der Waals surface area (Å²) in [5.41, 5.74) is 21.5. The topological polar surface area (TPSA) is 32.8 Å². The number of thiophene rings is 1. The van der Waals surface area contributed by atoms with E-state index < -0.39 is 0 Å². The minimum absolute atomic E-state index is 0.237. The van der Waals surface area contributed by atoms with Crippen molar-refractivity contribution in [3.8, 4) is 33.4 Å². The van der Waals surface area contributed by atoms with Crippen LogP contribution in [0.15, 0.2) is 282 Å². The zero-order valence-corrected chi connectivity index (χ0v) is 43.7. The molecule has 0 aliphatic heterocycles. The van der Waals surface area contributed by atoms with E-state index in [1.54, 1.807) is 0 Å². The predicted octanol–water partition coefficient (Wildman–Crippen LogP) is 21.5. The van der Waals surface area contributed by atoms with Crippen LogP contribution in [0.5, 0.6) is 0 Å². The van der Waals surface area contributed by atoms with Crippen molar-refractivity contribution >= 4 is 110 Å². The summed E-state index contributed by atoms with van der Waals surface area (Å²) in [6.07, 6.45) is 0.959. The lowest BCUT2D eigenvalue weighted by molar-refractivity contribution is 0.668. The van der Waals surface area contributed by atoms with Crippen LogP contribution < -0.4 is 9.80 Å². The standard InChI is InChI=1S/C74H48N2O2S/c1-3-17-53(18-4-1)75(56-21-13-16-51(41-56)63-45-52-15-7-8-22-58(52)59-23-9-10-24-60(59)63)57-36-39-72-66(46-57)65-43-49(32-38-71(65)78-72)50-33-40-73-67(44-50)62-26-14-27-68(74(62)79-73)76(54-19-5-2-6-20-54)55-34-29-47(30-35-55)48-31-37-70-64(42-48)61-25-11-12-28-69(61)77-70/h1-44,46,63H,45H2. The molecule has 4 nitrogen and oxygen atoms in total. The molecule has 0 bridgehead atoms. The maximum Gasteiger partial charge on any atom is 0.135 e. The zero-order chi connectivity index (χ0) is 52.0. The van der Waals surface area contributed by atoms with Crippen LogP contribution in [0, 0.1) is 0 Å². The lowest BCUT2D eigenvalue weighted by atomic mass is 9.75. The highest BCUT2D eigenvalue weighted by Gasteiger charge is 2.27. The van der Waals surface area contributed by atoms with Crippen molar-refractivity contribution in [2.45, 2.75) is 12.3 Å². The smallest absolute Gasteiger partial charge is 0.135 e. The van der Waals surface area contributed by atoms with Gasteiger partial charge in [0.2, 0.25) is 0 Å². The summed E-state index contributed by atoms with van der Waals surface area (Å²) in [6, 6.07) is 99.1. The number of rotatable bonds is 9. The highest BCUT2D eigenvalue weighted by atomic mass is 32.1. The van der Waals surface area contributed by atoms with Gasteiger partial charge in [-0.05, 0) is 172 Å². The molecule has 3 aromatic heterocycles. The van der Waals surface area contributed by atoms with Crippen LogP contribution in [0.4, 0.5) is 34.1 Å². The highest BCUT2D eigenvalue weighted by Crippen LogP contribution is 2.48. The van der Waals surface area contributed by atoms with Crippen LogP contribution in [0.25, 0.3) is 97.4 Å². The Kier molecular flexibility index (Phi) is 10.5. The molecule has 1 atom stereocenters. The molecule has 1 unspecified atom stereocenters. The fourth-order valence-electron chi connectivity index (χ4n) is 12.5. The Morgan fingerprint density at radius 1 is 0.329 bits per heavy atom. The van der Waals surface area contributed by atoms with Crippen molar-refractivity contribution in [2.75, 3.05) is 9.80 Å². The van der Waals surface area contributed by atoms with Gasteiger partial charge in [0, 0.05) is 71.4 Å². The SMILES string of the molecule is c1ccc(N(c2cccc(C3Cc4ccccc4-c4ccccc43)c2)c2ccc3oc4ccc(-c5ccc6sc7c(N(c8ccccc8)c8ccc(-c9ccc%10oc%11ccccc%11c%10c9)cc8)cccc7c6c5)cc4c3c2)cc1. The van der Waals surface area contributed by atoms with E-state index in [2.05, 4.69) is 271 Å². The minimum Gasteiger partial charge on any atom is -0.456 e. The van der Waals surface area contributed by atoms with E-state index in [1.807, 2.05) is 23.5 Å². The van der Waals surface area contributed by atoms with Gasteiger partial charge in [-0.2, -0.15) is 0 Å². The normalized spacial score (nSPS) is 13.1. The first-order valence-electron chi connectivity index (χ1n) is 27.0. The average Bonchev–Trinajstić information content (AvgIpc) is 4.23. The van der Waals surface area contributed by atoms with Crippen LogP contribution in [0.2, 0.25) is 0 Å². The monoisotopic (exact) mass is 1030 g/mol. The summed E-state index contributed by atoms with van der Waals surface area (Å²) < 4.78 is 15.3. The molecule has 0 N–H and O–H groups in total. The summed E-state index contributed by atoms with van der Waals surface area (Å²) in [5.74, 6) is 0.237. The number of fused-ring (bicyclic) bond motifs is 12. The Hall–Kier alpha value is -9.94. The number of anilines is 6. The van der Waals surface area contributed by atoms with Crippen molar-refractivity contribution in [1.29, 1.82) is 0 Å². The second-order valence-corrected chi connectivity index (χ2v) is 21.8. The Morgan fingerprint density at radius 2 is 0.848 bits per heavy atom. The number of hydrogen-bond acceptors (Lipinski definition) is 5. The molecule has 372 valence electrons. The fourth-order valence-corrected chi connectivity index (χ4v) is 13.7. The van der Waals surface area contributed by atoms with Gasteiger partial charge in [0.15, 0.2) is 0 Å². The van der Waals surface area contributed by atoms with Crippen LogP contribution in [-0.4, -0.2) is 0 Å². The van der Waals surface area contributed by atoms with Crippen molar-refractivity contribution in [3.63, 3.8) is 0 Å². The molecular formula is C74H48N2O2S. The first-order valence-corrected chi connectivity index (χ1v) is 27.9.